The highest BCUT2D eigenvalue weighted by atomic mass is 31.0. The van der Waals surface area contributed by atoms with Crippen LogP contribution in [0.2, 0.25) is 0 Å². The van der Waals surface area contributed by atoms with Gasteiger partial charge in [-0.3, -0.25) is 0 Å². The van der Waals surface area contributed by atoms with Gasteiger partial charge in [0.05, 0.1) is 0 Å². The summed E-state index contributed by atoms with van der Waals surface area (Å²) in [4.78, 5) is 0. The maximum Gasteiger partial charge on any atom is -0.0191 e. The second kappa shape index (κ2) is 2.98. The lowest BCUT2D eigenvalue weighted by atomic mass is 10.1. The minimum absolute atomic E-state index is 1.04. The molecule has 1 heteroatoms. The van der Waals surface area contributed by atoms with Crippen LogP contribution < -0.4 is 0 Å². The molecule has 0 heterocycles. The zero-order valence-electron chi connectivity index (χ0n) is 6.09. The Balaban J connectivity index is 3.00. The van der Waals surface area contributed by atoms with Gasteiger partial charge in [0.2, 0.25) is 0 Å². The van der Waals surface area contributed by atoms with Crippen LogP contribution in [-0.2, 0) is 0 Å². The third-order valence-electron chi connectivity index (χ3n) is 1.42. The Bertz CT molecular complexity index is 233. The number of aryl methyl sites for hydroxylation is 1. The molecule has 0 fully saturated rings. The van der Waals surface area contributed by atoms with Gasteiger partial charge in [-0.05, 0) is 17.8 Å². The quantitative estimate of drug-likeness (QED) is 0.540. The van der Waals surface area contributed by atoms with E-state index in [2.05, 4.69) is 47.0 Å². The smallest absolute Gasteiger partial charge is 0.0191 e. The summed E-state index contributed by atoms with van der Waals surface area (Å²) < 4.78 is 0. The fourth-order valence-electron chi connectivity index (χ4n) is 0.768. The first kappa shape index (κ1) is 7.50. The average molecular weight is 150 g/mol. The zero-order valence-corrected chi connectivity index (χ0v) is 7.25. The van der Waals surface area contributed by atoms with Gasteiger partial charge >= 0.3 is 0 Å². The van der Waals surface area contributed by atoms with E-state index in [0.717, 1.165) is 5.31 Å². The number of hydrogen-bond donors (Lipinski definition) is 0. The first-order valence-electron chi connectivity index (χ1n) is 3.21. The molecule has 1 aromatic rings. The van der Waals surface area contributed by atoms with E-state index >= 15 is 0 Å². The van der Waals surface area contributed by atoms with Crippen LogP contribution >= 0.6 is 9.24 Å². The highest BCUT2D eigenvalue weighted by Gasteiger charge is 1.89. The van der Waals surface area contributed by atoms with Gasteiger partial charge in [-0.15, -0.1) is 9.24 Å². The first-order chi connectivity index (χ1) is 4.70. The fraction of sp³-hybridized carbons (Fsp3) is 0.111. The normalized spacial score (nSPS) is 9.40. The molecule has 0 nitrogen and oxygen atoms in total. The molecule has 10 heavy (non-hydrogen) atoms. The molecule has 1 rings (SSSR count). The van der Waals surface area contributed by atoms with Crippen molar-refractivity contribution >= 4 is 14.6 Å². The third-order valence-corrected chi connectivity index (χ3v) is 1.76. The Morgan fingerprint density at radius 2 is 1.80 bits per heavy atom. The minimum atomic E-state index is 1.04. The summed E-state index contributed by atoms with van der Waals surface area (Å²) in [6.07, 6.45) is 0. The average Bonchev–Trinajstić information content (AvgIpc) is 1.88. The molecule has 0 aliphatic carbocycles. The molecule has 0 aromatic heterocycles. The van der Waals surface area contributed by atoms with Crippen LogP contribution in [0.25, 0.3) is 5.31 Å². The highest BCUT2D eigenvalue weighted by molar-refractivity contribution is 7.31. The first-order valence-corrected chi connectivity index (χ1v) is 3.79. The van der Waals surface area contributed by atoms with E-state index in [1.54, 1.807) is 0 Å². The summed E-state index contributed by atoms with van der Waals surface area (Å²) in [6.45, 7) is 5.90. The Kier molecular flexibility index (Phi) is 2.24. The molecule has 0 spiro atoms. The maximum absolute atomic E-state index is 3.82. The van der Waals surface area contributed by atoms with Gasteiger partial charge in [-0.25, -0.2) is 0 Å². The van der Waals surface area contributed by atoms with Crippen molar-refractivity contribution in [3.05, 3.63) is 42.0 Å². The Hall–Kier alpha value is -0.610. The van der Waals surface area contributed by atoms with Crippen LogP contribution in [0.3, 0.4) is 0 Å². The highest BCUT2D eigenvalue weighted by Crippen LogP contribution is 2.18. The van der Waals surface area contributed by atoms with Gasteiger partial charge in [0.1, 0.15) is 0 Å². The van der Waals surface area contributed by atoms with Crippen molar-refractivity contribution in [1.82, 2.24) is 0 Å². The van der Waals surface area contributed by atoms with Crippen molar-refractivity contribution < 1.29 is 0 Å². The largest absolute Gasteiger partial charge is 0.106 e. The van der Waals surface area contributed by atoms with E-state index in [4.69, 9.17) is 0 Å². The molecule has 0 saturated carbocycles. The molecule has 0 N–H and O–H groups in total. The minimum Gasteiger partial charge on any atom is -0.106 e. The lowest BCUT2D eigenvalue weighted by Crippen LogP contribution is -1.74. The van der Waals surface area contributed by atoms with Crippen molar-refractivity contribution in [3.63, 3.8) is 0 Å². The molecule has 0 aliphatic heterocycles. The van der Waals surface area contributed by atoms with Crippen molar-refractivity contribution in [2.45, 2.75) is 6.92 Å². The summed E-state index contributed by atoms with van der Waals surface area (Å²) in [5.74, 6) is 0. The van der Waals surface area contributed by atoms with E-state index in [-0.39, 0.29) is 0 Å². The van der Waals surface area contributed by atoms with E-state index in [1.807, 2.05) is 0 Å². The van der Waals surface area contributed by atoms with E-state index < -0.39 is 0 Å². The van der Waals surface area contributed by atoms with E-state index in [9.17, 15) is 0 Å². The van der Waals surface area contributed by atoms with Crippen LogP contribution in [0.5, 0.6) is 0 Å². The molecular formula is C9H11P. The van der Waals surface area contributed by atoms with Gasteiger partial charge in [0.25, 0.3) is 0 Å². The van der Waals surface area contributed by atoms with Gasteiger partial charge in [0, 0.05) is 0 Å². The standard InChI is InChI=1S/C9H11P/c1-7-3-5-9(6-4-7)8(2)10/h3-6H,2,10H2,1H3. The van der Waals surface area contributed by atoms with Gasteiger partial charge in [0.15, 0.2) is 0 Å². The lowest BCUT2D eigenvalue weighted by Gasteiger charge is -1.97. The Morgan fingerprint density at radius 1 is 1.30 bits per heavy atom. The summed E-state index contributed by atoms with van der Waals surface area (Å²) >= 11 is 0. The number of hydrogen-bond acceptors (Lipinski definition) is 0. The predicted octanol–water partition coefficient (Wildman–Crippen LogP) is 2.84. The molecule has 0 radical (unpaired) electrons. The second-order valence-corrected chi connectivity index (χ2v) is 3.09. The van der Waals surface area contributed by atoms with Crippen molar-refractivity contribution in [1.29, 1.82) is 0 Å². The van der Waals surface area contributed by atoms with Crippen molar-refractivity contribution in [3.8, 4) is 0 Å². The molecule has 1 aromatic carbocycles. The summed E-state index contributed by atoms with van der Waals surface area (Å²) in [5, 5.41) is 1.04. The van der Waals surface area contributed by atoms with Gasteiger partial charge in [-0.1, -0.05) is 36.4 Å². The molecule has 52 valence electrons. The SMILES string of the molecule is C=C(P)c1ccc(C)cc1. The van der Waals surface area contributed by atoms with Crippen molar-refractivity contribution in [2.75, 3.05) is 0 Å². The molecule has 1 unspecified atom stereocenters. The van der Waals surface area contributed by atoms with Crippen LogP contribution in [0.15, 0.2) is 30.8 Å². The monoisotopic (exact) mass is 150 g/mol. The Morgan fingerprint density at radius 3 is 2.20 bits per heavy atom. The Labute approximate surface area is 64.2 Å². The third kappa shape index (κ3) is 1.68. The number of rotatable bonds is 1. The van der Waals surface area contributed by atoms with Crippen LogP contribution in [0, 0.1) is 6.92 Å². The zero-order chi connectivity index (χ0) is 7.56. The number of benzene rings is 1. The maximum atomic E-state index is 3.82. The van der Waals surface area contributed by atoms with Crippen LogP contribution in [0.4, 0.5) is 0 Å². The summed E-state index contributed by atoms with van der Waals surface area (Å²) in [6, 6.07) is 8.32. The lowest BCUT2D eigenvalue weighted by molar-refractivity contribution is 1.46. The van der Waals surface area contributed by atoms with Gasteiger partial charge < -0.3 is 0 Å². The van der Waals surface area contributed by atoms with Crippen LogP contribution in [-0.4, -0.2) is 0 Å². The molecule has 0 aliphatic rings. The van der Waals surface area contributed by atoms with E-state index in [0.29, 0.717) is 0 Å². The fourth-order valence-corrected chi connectivity index (χ4v) is 0.960. The second-order valence-electron chi connectivity index (χ2n) is 2.39. The van der Waals surface area contributed by atoms with Gasteiger partial charge in [-0.2, -0.15) is 0 Å². The predicted molar refractivity (Wildman–Crippen MR) is 49.9 cm³/mol. The van der Waals surface area contributed by atoms with E-state index in [1.165, 1.54) is 11.1 Å². The molecule has 0 saturated heterocycles. The molecule has 0 amide bonds. The summed E-state index contributed by atoms with van der Waals surface area (Å²) in [7, 11) is 2.59. The molecule has 0 bridgehead atoms. The van der Waals surface area contributed by atoms with Crippen molar-refractivity contribution in [2.24, 2.45) is 0 Å². The molecular weight excluding hydrogens is 139 g/mol. The molecule has 1 atom stereocenters. The summed E-state index contributed by atoms with van der Waals surface area (Å²) in [5.41, 5.74) is 2.48. The van der Waals surface area contributed by atoms with Crippen LogP contribution in [0.1, 0.15) is 11.1 Å². The topological polar surface area (TPSA) is 0 Å².